The van der Waals surface area contributed by atoms with Gasteiger partial charge in [-0.2, -0.15) is 0 Å². The van der Waals surface area contributed by atoms with E-state index in [-0.39, 0.29) is 5.91 Å². The van der Waals surface area contributed by atoms with Crippen LogP contribution in [-0.4, -0.2) is 41.9 Å². The third-order valence-corrected chi connectivity index (χ3v) is 6.25. The maximum Gasteiger partial charge on any atom is 0.255 e. The molecule has 2 aliphatic rings. The van der Waals surface area contributed by atoms with E-state index in [1.54, 1.807) is 18.7 Å². The first-order valence-electron chi connectivity index (χ1n) is 10.7. The lowest BCUT2D eigenvalue weighted by molar-refractivity contribution is 0.0727. The monoisotopic (exact) mass is 414 g/mol. The lowest BCUT2D eigenvalue weighted by Crippen LogP contribution is -2.35. The van der Waals surface area contributed by atoms with Gasteiger partial charge in [0.2, 0.25) is 0 Å². The van der Waals surface area contributed by atoms with Gasteiger partial charge in [0.25, 0.3) is 5.91 Å². The summed E-state index contributed by atoms with van der Waals surface area (Å²) >= 11 is 0. The zero-order chi connectivity index (χ0) is 20.8. The third-order valence-electron chi connectivity index (χ3n) is 6.25. The smallest absolute Gasteiger partial charge is 0.255 e. The van der Waals surface area contributed by atoms with Crippen LogP contribution in [0.3, 0.4) is 0 Å². The molecule has 0 radical (unpaired) electrons. The number of fused-ring (bicyclic) bond motifs is 2. The number of pyridine rings is 2. The highest BCUT2D eigenvalue weighted by atomic mass is 16.4. The lowest BCUT2D eigenvalue weighted by atomic mass is 9.85. The van der Waals surface area contributed by atoms with Crippen molar-refractivity contribution in [1.82, 2.24) is 29.4 Å². The first kappa shape index (κ1) is 18.2. The zero-order valence-electron chi connectivity index (χ0n) is 17.1. The summed E-state index contributed by atoms with van der Waals surface area (Å²) in [5.74, 6) is 2.20. The van der Waals surface area contributed by atoms with Crippen LogP contribution in [0, 0.1) is 0 Å². The van der Waals surface area contributed by atoms with E-state index >= 15 is 0 Å². The maximum atomic E-state index is 13.1. The summed E-state index contributed by atoms with van der Waals surface area (Å²) in [5.41, 5.74) is 3.82. The normalized spacial score (nSPS) is 16.3. The minimum atomic E-state index is -0.0486. The zero-order valence-corrected chi connectivity index (χ0v) is 17.1. The van der Waals surface area contributed by atoms with E-state index in [0.29, 0.717) is 43.1 Å². The topological polar surface area (TPSA) is 89.9 Å². The van der Waals surface area contributed by atoms with Crippen molar-refractivity contribution >= 4 is 17.1 Å². The van der Waals surface area contributed by atoms with Gasteiger partial charge in [-0.1, -0.05) is 12.5 Å². The number of oxazole rings is 1. The van der Waals surface area contributed by atoms with Crippen molar-refractivity contribution in [3.8, 4) is 0 Å². The molecule has 6 rings (SSSR count). The van der Waals surface area contributed by atoms with Crippen LogP contribution in [0.25, 0.3) is 11.2 Å². The van der Waals surface area contributed by atoms with E-state index in [0.717, 1.165) is 41.5 Å². The molecule has 1 aliphatic heterocycles. The molecule has 0 saturated heterocycles. The van der Waals surface area contributed by atoms with Crippen molar-refractivity contribution in [3.05, 3.63) is 71.6 Å². The van der Waals surface area contributed by atoms with Crippen LogP contribution in [0.5, 0.6) is 0 Å². The van der Waals surface area contributed by atoms with Crippen LogP contribution in [0.2, 0.25) is 0 Å². The van der Waals surface area contributed by atoms with Crippen LogP contribution in [0.1, 0.15) is 58.6 Å². The Kier molecular flexibility index (Phi) is 4.29. The Morgan fingerprint density at radius 2 is 2.13 bits per heavy atom. The molecule has 1 amide bonds. The molecule has 8 heteroatoms. The Morgan fingerprint density at radius 3 is 2.94 bits per heavy atom. The molecule has 0 N–H and O–H groups in total. The second-order valence-electron chi connectivity index (χ2n) is 8.29. The Morgan fingerprint density at radius 1 is 1.19 bits per heavy atom. The van der Waals surface area contributed by atoms with Gasteiger partial charge in [0.15, 0.2) is 11.5 Å². The quantitative estimate of drug-likeness (QED) is 0.509. The summed E-state index contributed by atoms with van der Waals surface area (Å²) in [6.45, 7) is 1.69. The highest BCUT2D eigenvalue weighted by Crippen LogP contribution is 2.37. The number of hydrogen-bond acceptors (Lipinski definition) is 6. The fraction of sp³-hybridized carbons (Fsp3) is 0.348. The number of imidazole rings is 1. The fourth-order valence-corrected chi connectivity index (χ4v) is 4.25. The first-order valence-corrected chi connectivity index (χ1v) is 10.7. The molecule has 0 atom stereocenters. The maximum absolute atomic E-state index is 13.1. The molecule has 1 aliphatic carbocycles. The number of rotatable bonds is 4. The molecular weight excluding hydrogens is 392 g/mol. The number of aromatic nitrogens is 5. The van der Waals surface area contributed by atoms with Gasteiger partial charge in [-0.15, -0.1) is 0 Å². The molecule has 156 valence electrons. The SMILES string of the molecule is O=C(c1cnc2c(c1)ncn2Cc1ccccn1)N1CCc2oc(C3CCC3)nc2C1. The van der Waals surface area contributed by atoms with Gasteiger partial charge in [-0.25, -0.2) is 15.0 Å². The number of amides is 1. The highest BCUT2D eigenvalue weighted by Gasteiger charge is 2.30. The van der Waals surface area contributed by atoms with Gasteiger partial charge in [-0.05, 0) is 31.0 Å². The molecule has 1 fully saturated rings. The van der Waals surface area contributed by atoms with Gasteiger partial charge >= 0.3 is 0 Å². The summed E-state index contributed by atoms with van der Waals surface area (Å²) in [6.07, 6.45) is 9.41. The van der Waals surface area contributed by atoms with Crippen molar-refractivity contribution in [3.63, 3.8) is 0 Å². The van der Waals surface area contributed by atoms with Crippen LogP contribution in [0.4, 0.5) is 0 Å². The van der Waals surface area contributed by atoms with Crippen molar-refractivity contribution in [2.24, 2.45) is 0 Å². The van der Waals surface area contributed by atoms with Gasteiger partial charge < -0.3 is 13.9 Å². The van der Waals surface area contributed by atoms with Crippen LogP contribution in [-0.2, 0) is 19.5 Å². The van der Waals surface area contributed by atoms with Crippen molar-refractivity contribution in [2.75, 3.05) is 6.54 Å². The van der Waals surface area contributed by atoms with E-state index < -0.39 is 0 Å². The number of carbonyl (C=O) groups is 1. The predicted octanol–water partition coefficient (Wildman–Crippen LogP) is 3.33. The summed E-state index contributed by atoms with van der Waals surface area (Å²) in [7, 11) is 0. The first-order chi connectivity index (χ1) is 15.2. The van der Waals surface area contributed by atoms with Crippen LogP contribution < -0.4 is 0 Å². The minimum absolute atomic E-state index is 0.0486. The molecule has 0 aromatic carbocycles. The van der Waals surface area contributed by atoms with Crippen molar-refractivity contribution in [2.45, 2.75) is 44.7 Å². The average Bonchev–Trinajstić information content (AvgIpc) is 3.35. The summed E-state index contributed by atoms with van der Waals surface area (Å²) in [4.78, 5) is 33.0. The summed E-state index contributed by atoms with van der Waals surface area (Å²) in [5, 5.41) is 0. The standard InChI is InChI=1S/C23H22N6O2/c30-23(28-9-7-20-19(13-28)27-22(31-20)15-4-3-5-15)16-10-18-21(25-11-16)29(14-26-18)12-17-6-1-2-8-24-17/h1-2,6,8,10-11,14-15H,3-5,7,9,12-13H2. The highest BCUT2D eigenvalue weighted by molar-refractivity contribution is 5.96. The van der Waals surface area contributed by atoms with Crippen molar-refractivity contribution in [1.29, 1.82) is 0 Å². The lowest BCUT2D eigenvalue weighted by Gasteiger charge is -2.25. The molecular formula is C23H22N6O2. The van der Waals surface area contributed by atoms with Gasteiger partial charge in [0.1, 0.15) is 17.0 Å². The molecule has 0 spiro atoms. The summed E-state index contributed by atoms with van der Waals surface area (Å²) in [6, 6.07) is 7.63. The second kappa shape index (κ2) is 7.30. The molecule has 31 heavy (non-hydrogen) atoms. The summed E-state index contributed by atoms with van der Waals surface area (Å²) < 4.78 is 7.91. The number of carbonyl (C=O) groups excluding carboxylic acids is 1. The number of hydrogen-bond donors (Lipinski definition) is 0. The Labute approximate surface area is 179 Å². The fourth-order valence-electron chi connectivity index (χ4n) is 4.25. The Balaban J connectivity index is 1.21. The number of nitrogens with zero attached hydrogens (tertiary/aromatic N) is 6. The second-order valence-corrected chi connectivity index (χ2v) is 8.29. The van der Waals surface area contributed by atoms with Gasteiger partial charge in [-0.3, -0.25) is 9.78 Å². The van der Waals surface area contributed by atoms with E-state index in [1.807, 2.05) is 33.7 Å². The van der Waals surface area contributed by atoms with E-state index in [2.05, 4.69) is 15.0 Å². The molecule has 1 saturated carbocycles. The molecule has 4 aromatic rings. The van der Waals surface area contributed by atoms with Crippen LogP contribution >= 0.6 is 0 Å². The molecule has 0 bridgehead atoms. The van der Waals surface area contributed by atoms with Gasteiger partial charge in [0.05, 0.1) is 30.7 Å². The third kappa shape index (κ3) is 3.28. The minimum Gasteiger partial charge on any atom is -0.445 e. The molecule has 8 nitrogen and oxygen atoms in total. The van der Waals surface area contributed by atoms with E-state index in [9.17, 15) is 4.79 Å². The molecule has 4 aromatic heterocycles. The average molecular weight is 414 g/mol. The molecule has 0 unspecified atom stereocenters. The van der Waals surface area contributed by atoms with Crippen LogP contribution in [0.15, 0.2) is 47.4 Å². The van der Waals surface area contributed by atoms with Crippen molar-refractivity contribution < 1.29 is 9.21 Å². The Hall–Kier alpha value is -3.55. The molecule has 5 heterocycles. The van der Waals surface area contributed by atoms with E-state index in [1.165, 1.54) is 6.42 Å². The largest absolute Gasteiger partial charge is 0.445 e. The predicted molar refractivity (Wildman–Crippen MR) is 112 cm³/mol. The van der Waals surface area contributed by atoms with Gasteiger partial charge in [0, 0.05) is 31.3 Å². The Bertz CT molecular complexity index is 1260. The van der Waals surface area contributed by atoms with E-state index in [4.69, 9.17) is 9.40 Å².